The summed E-state index contributed by atoms with van der Waals surface area (Å²) in [7, 11) is -3.97. The zero-order valence-corrected chi connectivity index (χ0v) is 17.8. The van der Waals surface area contributed by atoms with Gasteiger partial charge in [-0.15, -0.1) is 0 Å². The number of rotatable bonds is 7. The van der Waals surface area contributed by atoms with Crippen LogP contribution in [0, 0.1) is 0 Å². The highest BCUT2D eigenvalue weighted by atomic mass is 35.5. The summed E-state index contributed by atoms with van der Waals surface area (Å²) in [6.45, 7) is 0. The quantitative estimate of drug-likeness (QED) is 0.491. The number of alkyl halides is 5. The van der Waals surface area contributed by atoms with Crippen LogP contribution >= 0.6 is 23.2 Å². The smallest absolute Gasteiger partial charge is 0.435 e. The second kappa shape index (κ2) is 8.95. The predicted octanol–water partition coefficient (Wildman–Crippen LogP) is 4.36. The van der Waals surface area contributed by atoms with E-state index in [4.69, 9.17) is 37.8 Å². The van der Waals surface area contributed by atoms with Gasteiger partial charge in [0, 0.05) is 11.6 Å². The molecule has 0 saturated heterocycles. The van der Waals surface area contributed by atoms with Gasteiger partial charge in [-0.25, -0.2) is 18.2 Å². The van der Waals surface area contributed by atoms with E-state index < -0.39 is 21.9 Å². The third-order valence-corrected chi connectivity index (χ3v) is 5.18. The van der Waals surface area contributed by atoms with E-state index in [0.717, 1.165) is 10.7 Å². The van der Waals surface area contributed by atoms with Crippen molar-refractivity contribution in [2.45, 2.75) is 11.1 Å². The highest BCUT2D eigenvalue weighted by Gasteiger charge is 2.35. The summed E-state index contributed by atoms with van der Waals surface area (Å²) in [5, 5.41) is 8.72. The summed E-state index contributed by atoms with van der Waals surface area (Å²) in [6, 6.07) is 9.72. The van der Waals surface area contributed by atoms with Crippen molar-refractivity contribution in [3.05, 3.63) is 54.2 Å². The molecular formula is C18H14Cl2F3N3O4S. The van der Waals surface area contributed by atoms with Crippen molar-refractivity contribution in [2.24, 2.45) is 5.14 Å². The van der Waals surface area contributed by atoms with Gasteiger partial charge in [0.05, 0.1) is 16.3 Å². The first-order chi connectivity index (χ1) is 14.5. The fourth-order valence-corrected chi connectivity index (χ4v) is 3.48. The maximum Gasteiger partial charge on any atom is 0.435 e. The average Bonchev–Trinajstić information content (AvgIpc) is 3.14. The molecule has 0 aliphatic heterocycles. The molecule has 2 N–H and O–H groups in total. The molecule has 1 aromatic heterocycles. The lowest BCUT2D eigenvalue weighted by atomic mass is 10.1. The van der Waals surface area contributed by atoms with E-state index in [1.54, 1.807) is 0 Å². The van der Waals surface area contributed by atoms with E-state index in [1.807, 2.05) is 0 Å². The monoisotopic (exact) mass is 495 g/mol. The van der Waals surface area contributed by atoms with Gasteiger partial charge in [0.1, 0.15) is 11.5 Å². The summed E-state index contributed by atoms with van der Waals surface area (Å²) in [6.07, 6.45) is -4.72. The van der Waals surface area contributed by atoms with Crippen LogP contribution in [-0.4, -0.2) is 30.3 Å². The lowest BCUT2D eigenvalue weighted by Crippen LogP contribution is -2.12. The number of benzene rings is 2. The normalized spacial score (nSPS) is 12.1. The molecule has 0 fully saturated rings. The van der Waals surface area contributed by atoms with Gasteiger partial charge in [-0.05, 0) is 42.5 Å². The van der Waals surface area contributed by atoms with Crippen molar-refractivity contribution >= 4 is 33.2 Å². The Labute approximate surface area is 185 Å². The summed E-state index contributed by atoms with van der Waals surface area (Å²) >= 11 is 11.2. The molecule has 0 aliphatic rings. The van der Waals surface area contributed by atoms with E-state index in [2.05, 4.69) is 5.10 Å². The van der Waals surface area contributed by atoms with Gasteiger partial charge in [-0.3, -0.25) is 0 Å². The molecular weight excluding hydrogens is 482 g/mol. The number of hydrogen-bond acceptors (Lipinski definition) is 5. The first-order valence-corrected chi connectivity index (χ1v) is 11.0. The van der Waals surface area contributed by atoms with Crippen LogP contribution in [0.5, 0.6) is 11.5 Å². The molecule has 1 heterocycles. The fourth-order valence-electron chi connectivity index (χ4n) is 2.71. The minimum Gasteiger partial charge on any atom is -0.478 e. The van der Waals surface area contributed by atoms with E-state index in [1.165, 1.54) is 42.5 Å². The second-order valence-electron chi connectivity index (χ2n) is 6.06. The van der Waals surface area contributed by atoms with Crippen LogP contribution in [0.4, 0.5) is 13.2 Å². The summed E-state index contributed by atoms with van der Waals surface area (Å²) < 4.78 is 74.5. The second-order valence-corrected chi connectivity index (χ2v) is 8.06. The van der Waals surface area contributed by atoms with E-state index >= 15 is 0 Å². The van der Waals surface area contributed by atoms with Crippen LogP contribution in [-0.2, 0) is 16.2 Å². The predicted molar refractivity (Wildman–Crippen MR) is 108 cm³/mol. The minimum atomic E-state index is -4.72. The molecule has 0 atom stereocenters. The molecule has 0 amide bonds. The number of aromatic nitrogens is 2. The summed E-state index contributed by atoms with van der Waals surface area (Å²) in [4.78, 5) is -0.198. The van der Waals surface area contributed by atoms with E-state index in [-0.39, 0.29) is 45.5 Å². The van der Waals surface area contributed by atoms with E-state index in [9.17, 15) is 21.6 Å². The van der Waals surface area contributed by atoms with Crippen molar-refractivity contribution in [3.63, 3.8) is 0 Å². The third-order valence-electron chi connectivity index (χ3n) is 4.03. The Morgan fingerprint density at radius 2 is 1.52 bits per heavy atom. The number of ether oxygens (including phenoxy) is 2. The van der Waals surface area contributed by atoms with Gasteiger partial charge >= 0.3 is 6.18 Å². The molecule has 31 heavy (non-hydrogen) atoms. The molecule has 0 radical (unpaired) electrons. The molecule has 0 aliphatic carbocycles. The van der Waals surface area contributed by atoms with Crippen LogP contribution in [0.1, 0.15) is 5.69 Å². The molecule has 2 aromatic carbocycles. The Morgan fingerprint density at radius 3 is 1.97 bits per heavy atom. The first kappa shape index (κ1) is 23.2. The van der Waals surface area contributed by atoms with Crippen LogP contribution in [0.3, 0.4) is 0 Å². The largest absolute Gasteiger partial charge is 0.478 e. The standard InChI is InChI=1S/C18H14Cl2F3N3O4S/c19-9-29-13-5-11(6-14(7-13)30-10-20)16-8-17(18(21,22)23)25-26(16)12-1-3-15(4-2-12)31(24,27)28/h1-8H,9-10H2,(H2,24,27,28). The van der Waals surface area contributed by atoms with Crippen LogP contribution < -0.4 is 14.6 Å². The highest BCUT2D eigenvalue weighted by Crippen LogP contribution is 2.36. The Hall–Kier alpha value is -2.47. The number of nitrogens with zero attached hydrogens (tertiary/aromatic N) is 2. The maximum absolute atomic E-state index is 13.4. The van der Waals surface area contributed by atoms with Crippen LogP contribution in [0.2, 0.25) is 0 Å². The summed E-state index contributed by atoms with van der Waals surface area (Å²) in [5.74, 6) is 0.469. The first-order valence-electron chi connectivity index (χ1n) is 8.36. The molecule has 13 heteroatoms. The van der Waals surface area contributed by atoms with Crippen molar-refractivity contribution in [1.29, 1.82) is 0 Å². The number of primary sulfonamides is 1. The van der Waals surface area contributed by atoms with Gasteiger partial charge in [0.25, 0.3) is 0 Å². The van der Waals surface area contributed by atoms with Gasteiger partial charge in [-0.2, -0.15) is 18.3 Å². The number of sulfonamides is 1. The molecule has 0 saturated carbocycles. The molecule has 0 spiro atoms. The zero-order valence-electron chi connectivity index (χ0n) is 15.4. The molecule has 3 aromatic rings. The molecule has 3 rings (SSSR count). The Morgan fingerprint density at radius 1 is 0.968 bits per heavy atom. The molecule has 0 bridgehead atoms. The number of halogens is 5. The van der Waals surface area contributed by atoms with Gasteiger partial charge < -0.3 is 9.47 Å². The van der Waals surface area contributed by atoms with Gasteiger partial charge in [0.15, 0.2) is 17.8 Å². The fraction of sp³-hybridized carbons (Fsp3) is 0.167. The Bertz CT molecular complexity index is 1160. The van der Waals surface area contributed by atoms with Crippen LogP contribution in [0.25, 0.3) is 16.9 Å². The van der Waals surface area contributed by atoms with Crippen LogP contribution in [0.15, 0.2) is 53.4 Å². The molecule has 7 nitrogen and oxygen atoms in total. The van der Waals surface area contributed by atoms with Crippen molar-refractivity contribution in [2.75, 3.05) is 12.1 Å². The third kappa shape index (κ3) is 5.42. The topological polar surface area (TPSA) is 96.4 Å². The SMILES string of the molecule is NS(=O)(=O)c1ccc(-n2nc(C(F)(F)F)cc2-c2cc(OCCl)cc(OCCl)c2)cc1. The number of hydrogen-bond donors (Lipinski definition) is 1. The van der Waals surface area contributed by atoms with Gasteiger partial charge in [-0.1, -0.05) is 23.2 Å². The lowest BCUT2D eigenvalue weighted by Gasteiger charge is -2.12. The zero-order chi connectivity index (χ0) is 22.8. The molecule has 0 unspecified atom stereocenters. The van der Waals surface area contributed by atoms with Crippen molar-refractivity contribution in [1.82, 2.24) is 9.78 Å². The highest BCUT2D eigenvalue weighted by molar-refractivity contribution is 7.89. The van der Waals surface area contributed by atoms with Crippen molar-refractivity contribution < 1.29 is 31.1 Å². The minimum absolute atomic E-state index is 0.0372. The van der Waals surface area contributed by atoms with E-state index in [0.29, 0.717) is 0 Å². The maximum atomic E-state index is 13.4. The number of nitrogens with two attached hydrogens (primary N) is 1. The lowest BCUT2D eigenvalue weighted by molar-refractivity contribution is -0.141. The Balaban J connectivity index is 2.20. The van der Waals surface area contributed by atoms with Gasteiger partial charge in [0.2, 0.25) is 10.0 Å². The Kier molecular flexibility index (Phi) is 6.70. The summed E-state index contributed by atoms with van der Waals surface area (Å²) in [5.41, 5.74) is -0.681. The van der Waals surface area contributed by atoms with Crippen molar-refractivity contribution in [3.8, 4) is 28.4 Å². The molecule has 166 valence electrons. The average molecular weight is 496 g/mol.